The van der Waals surface area contributed by atoms with Crippen molar-refractivity contribution in [1.82, 2.24) is 5.32 Å². The Bertz CT molecular complexity index is 969. The summed E-state index contributed by atoms with van der Waals surface area (Å²) >= 11 is 0. The Labute approximate surface area is 248 Å². The van der Waals surface area contributed by atoms with Gasteiger partial charge in [0.05, 0.1) is 20.3 Å². The molecule has 0 fully saturated rings. The Hall–Kier alpha value is -3.54. The van der Waals surface area contributed by atoms with Gasteiger partial charge in [0.25, 0.3) is 0 Å². The Kier molecular flexibility index (Phi) is 18.4. The molecule has 0 heterocycles. The van der Waals surface area contributed by atoms with E-state index in [1.165, 1.54) is 19.2 Å². The lowest BCUT2D eigenvalue weighted by atomic mass is 10.0. The number of carbonyl (C=O) groups excluding carboxylic acids is 4. The Morgan fingerprint density at radius 3 is 1.88 bits per heavy atom. The Balaban J connectivity index is 2.99. The fraction of sp³-hybridized carbons (Fsp3) is 0.667. The third kappa shape index (κ3) is 15.5. The highest BCUT2D eigenvalue weighted by molar-refractivity contribution is 5.76. The number of hydrogen-bond acceptors (Lipinski definition) is 12. The van der Waals surface area contributed by atoms with Crippen molar-refractivity contribution in [2.75, 3.05) is 26.9 Å². The number of rotatable bonds is 19. The summed E-state index contributed by atoms with van der Waals surface area (Å²) in [5.74, 6) is -0.682. The van der Waals surface area contributed by atoms with Gasteiger partial charge in [0.15, 0.2) is 11.5 Å². The molecule has 1 aromatic rings. The first-order valence-corrected chi connectivity index (χ1v) is 14.6. The van der Waals surface area contributed by atoms with Crippen LogP contribution in [-0.4, -0.2) is 69.6 Å². The average molecular weight is 598 g/mol. The van der Waals surface area contributed by atoms with E-state index in [2.05, 4.69) is 5.32 Å². The fourth-order valence-electron chi connectivity index (χ4n) is 3.50. The molecule has 0 aliphatic rings. The van der Waals surface area contributed by atoms with E-state index in [9.17, 15) is 19.2 Å². The lowest BCUT2D eigenvalue weighted by molar-refractivity contribution is -0.143. The first kappa shape index (κ1) is 36.5. The van der Waals surface area contributed by atoms with Crippen LogP contribution >= 0.6 is 0 Å². The van der Waals surface area contributed by atoms with Crippen molar-refractivity contribution in [3.05, 3.63) is 23.8 Å². The third-order valence-corrected chi connectivity index (χ3v) is 6.08. The number of nitrogens with one attached hydrogen (secondary N) is 1. The molecule has 12 nitrogen and oxygen atoms in total. The van der Waals surface area contributed by atoms with Crippen molar-refractivity contribution in [3.63, 3.8) is 0 Å². The lowest BCUT2D eigenvalue weighted by Crippen LogP contribution is -2.43. The molecule has 0 saturated heterocycles. The predicted octanol–water partition coefficient (Wildman–Crippen LogP) is 6.11. The van der Waals surface area contributed by atoms with Crippen molar-refractivity contribution in [1.29, 1.82) is 0 Å². The van der Waals surface area contributed by atoms with Crippen LogP contribution in [0.4, 0.5) is 14.4 Å². The molecular formula is C30H47NO11. The summed E-state index contributed by atoms with van der Waals surface area (Å²) in [6.45, 7) is 9.88. The molecule has 0 spiro atoms. The summed E-state index contributed by atoms with van der Waals surface area (Å²) in [5.41, 5.74) is 0.556. The average Bonchev–Trinajstić information content (AvgIpc) is 2.96. The SMILES string of the molecule is CCCCCOC(=O)Oc1ccc(C[C@H](NCC(C)OC(=O)OC(C)CC)C(=O)OC)cc1OC(=O)OCCCCC. The van der Waals surface area contributed by atoms with E-state index in [1.54, 1.807) is 19.9 Å². The molecule has 238 valence electrons. The Morgan fingerprint density at radius 1 is 0.762 bits per heavy atom. The molecule has 0 aliphatic carbocycles. The maximum absolute atomic E-state index is 12.5. The molecule has 0 aliphatic heterocycles. The molecule has 0 radical (unpaired) electrons. The van der Waals surface area contributed by atoms with Crippen molar-refractivity contribution in [3.8, 4) is 11.5 Å². The van der Waals surface area contributed by atoms with Gasteiger partial charge in [-0.15, -0.1) is 0 Å². The van der Waals surface area contributed by atoms with Crippen LogP contribution in [0.15, 0.2) is 18.2 Å². The second-order valence-electron chi connectivity index (χ2n) is 9.80. The molecular weight excluding hydrogens is 550 g/mol. The number of esters is 1. The minimum absolute atomic E-state index is 0.0471. The molecule has 42 heavy (non-hydrogen) atoms. The summed E-state index contributed by atoms with van der Waals surface area (Å²) in [6.07, 6.45) is 2.30. The summed E-state index contributed by atoms with van der Waals surface area (Å²) in [5, 5.41) is 3.03. The van der Waals surface area contributed by atoms with E-state index in [4.69, 9.17) is 33.2 Å². The van der Waals surface area contributed by atoms with Crippen molar-refractivity contribution >= 4 is 24.4 Å². The van der Waals surface area contributed by atoms with Crippen molar-refractivity contribution in [2.24, 2.45) is 0 Å². The van der Waals surface area contributed by atoms with E-state index in [0.717, 1.165) is 25.7 Å². The topological polar surface area (TPSA) is 145 Å². The predicted molar refractivity (Wildman–Crippen MR) is 154 cm³/mol. The van der Waals surface area contributed by atoms with Crippen LogP contribution in [0.1, 0.15) is 85.1 Å². The quantitative estimate of drug-likeness (QED) is 0.0849. The molecule has 0 bridgehead atoms. The Morgan fingerprint density at radius 2 is 1.33 bits per heavy atom. The van der Waals surface area contributed by atoms with Gasteiger partial charge in [-0.3, -0.25) is 4.79 Å². The molecule has 2 unspecified atom stereocenters. The van der Waals surface area contributed by atoms with Crippen LogP contribution in [0.3, 0.4) is 0 Å². The largest absolute Gasteiger partial charge is 0.513 e. The first-order valence-electron chi connectivity index (χ1n) is 14.6. The normalized spacial score (nSPS) is 12.8. The summed E-state index contributed by atoms with van der Waals surface area (Å²) < 4.78 is 36.2. The second-order valence-corrected chi connectivity index (χ2v) is 9.80. The van der Waals surface area contributed by atoms with Gasteiger partial charge in [-0.1, -0.05) is 52.5 Å². The van der Waals surface area contributed by atoms with Crippen molar-refractivity contribution < 1.29 is 52.3 Å². The highest BCUT2D eigenvalue weighted by atomic mass is 16.7. The van der Waals surface area contributed by atoms with Crippen LogP contribution < -0.4 is 14.8 Å². The van der Waals surface area contributed by atoms with E-state index in [-0.39, 0.29) is 43.8 Å². The zero-order valence-corrected chi connectivity index (χ0v) is 25.7. The monoisotopic (exact) mass is 597 g/mol. The van der Waals surface area contributed by atoms with Gasteiger partial charge in [0.1, 0.15) is 18.2 Å². The molecule has 0 aromatic heterocycles. The maximum Gasteiger partial charge on any atom is 0.513 e. The van der Waals surface area contributed by atoms with Gasteiger partial charge in [0.2, 0.25) is 0 Å². The number of ether oxygens (including phenoxy) is 7. The number of hydrogen-bond donors (Lipinski definition) is 1. The van der Waals surface area contributed by atoms with Crippen LogP contribution in [0.25, 0.3) is 0 Å². The van der Waals surface area contributed by atoms with Crippen LogP contribution in [0, 0.1) is 0 Å². The number of benzene rings is 1. The number of methoxy groups -OCH3 is 1. The molecule has 1 aromatic carbocycles. The van der Waals surface area contributed by atoms with Crippen LogP contribution in [0.5, 0.6) is 11.5 Å². The summed E-state index contributed by atoms with van der Waals surface area (Å²) in [4.78, 5) is 49.0. The van der Waals surface area contributed by atoms with Gasteiger partial charge in [-0.25, -0.2) is 14.4 Å². The zero-order valence-electron chi connectivity index (χ0n) is 25.7. The number of unbranched alkanes of at least 4 members (excludes halogenated alkanes) is 4. The lowest BCUT2D eigenvalue weighted by Gasteiger charge is -2.21. The van der Waals surface area contributed by atoms with Gasteiger partial charge in [-0.05, 0) is 57.2 Å². The molecule has 3 atom stereocenters. The van der Waals surface area contributed by atoms with Crippen LogP contribution in [-0.2, 0) is 34.9 Å². The van der Waals surface area contributed by atoms with Crippen LogP contribution in [0.2, 0.25) is 0 Å². The zero-order chi connectivity index (χ0) is 31.3. The fourth-order valence-corrected chi connectivity index (χ4v) is 3.50. The molecule has 1 N–H and O–H groups in total. The van der Waals surface area contributed by atoms with Gasteiger partial charge >= 0.3 is 24.4 Å². The standard InChI is InChI=1S/C30H47NO11/c1-7-10-12-16-37-28(33)41-25-15-14-23(19-26(25)42-29(34)38-17-13-11-8-2)18-24(27(32)36-6)31-20-22(5)40-30(35)39-21(4)9-3/h14-15,19,21-22,24,31H,7-13,16-18,20H2,1-6H3/t21?,22?,24-/m0/s1. The second kappa shape index (κ2) is 21.2. The van der Waals surface area contributed by atoms with Gasteiger partial charge < -0.3 is 38.5 Å². The van der Waals surface area contributed by atoms with E-state index in [0.29, 0.717) is 24.8 Å². The highest BCUT2D eigenvalue weighted by Gasteiger charge is 2.24. The number of carbonyl (C=O) groups is 4. The minimum Gasteiger partial charge on any atom is -0.468 e. The summed E-state index contributed by atoms with van der Waals surface area (Å²) in [6, 6.07) is 3.68. The van der Waals surface area contributed by atoms with E-state index >= 15 is 0 Å². The van der Waals surface area contributed by atoms with Gasteiger partial charge in [-0.2, -0.15) is 0 Å². The molecule has 12 heteroatoms. The summed E-state index contributed by atoms with van der Waals surface area (Å²) in [7, 11) is 1.26. The smallest absolute Gasteiger partial charge is 0.468 e. The first-order chi connectivity index (χ1) is 20.1. The van der Waals surface area contributed by atoms with Gasteiger partial charge in [0, 0.05) is 6.54 Å². The van der Waals surface area contributed by atoms with E-state index in [1.807, 2.05) is 20.8 Å². The van der Waals surface area contributed by atoms with Crippen molar-refractivity contribution in [2.45, 2.75) is 104 Å². The molecule has 0 saturated carbocycles. The highest BCUT2D eigenvalue weighted by Crippen LogP contribution is 2.30. The maximum atomic E-state index is 12.5. The minimum atomic E-state index is -0.956. The third-order valence-electron chi connectivity index (χ3n) is 6.08. The van der Waals surface area contributed by atoms with E-state index < -0.39 is 36.6 Å². The molecule has 1 rings (SSSR count). The molecule has 0 amide bonds.